The second kappa shape index (κ2) is 5.83. The van der Waals surface area contributed by atoms with Gasteiger partial charge in [-0.05, 0) is 51.2 Å². The lowest BCUT2D eigenvalue weighted by Crippen LogP contribution is -2.12. The third kappa shape index (κ3) is 3.20. The van der Waals surface area contributed by atoms with Crippen LogP contribution in [0.15, 0.2) is 17.7 Å². The number of allylic oxidation sites excluding steroid dienone is 1. The Morgan fingerprint density at radius 3 is 2.65 bits per heavy atom. The lowest BCUT2D eigenvalue weighted by molar-refractivity contribution is 0.604. The highest BCUT2D eigenvalue weighted by Crippen LogP contribution is 2.32. The molecule has 0 saturated heterocycles. The number of rotatable bonds is 2. The van der Waals surface area contributed by atoms with Crippen molar-refractivity contribution in [3.8, 4) is 0 Å². The molecule has 1 heterocycles. The fraction of sp³-hybridized carbons (Fsp3) is 0.600. The van der Waals surface area contributed by atoms with Gasteiger partial charge < -0.3 is 5.73 Å². The monoisotopic (exact) mass is 249 g/mol. The lowest BCUT2D eigenvalue weighted by Gasteiger charge is -2.17. The maximum absolute atomic E-state index is 6.41. The first-order chi connectivity index (χ1) is 8.18. The van der Waals surface area contributed by atoms with Gasteiger partial charge in [0.05, 0.1) is 6.04 Å². The van der Waals surface area contributed by atoms with E-state index in [0.717, 1.165) is 0 Å². The number of thiophene rings is 1. The van der Waals surface area contributed by atoms with Crippen LogP contribution in [0.1, 0.15) is 59.9 Å². The molecule has 0 amide bonds. The zero-order valence-corrected chi connectivity index (χ0v) is 11.8. The Labute approximate surface area is 109 Å². The third-order valence-corrected chi connectivity index (χ3v) is 4.95. The average molecular weight is 249 g/mol. The number of nitrogens with two attached hydrogens (primary N) is 1. The maximum atomic E-state index is 6.41. The van der Waals surface area contributed by atoms with E-state index < -0.39 is 0 Å². The fourth-order valence-electron chi connectivity index (χ4n) is 2.44. The van der Waals surface area contributed by atoms with Crippen LogP contribution in [-0.4, -0.2) is 0 Å². The van der Waals surface area contributed by atoms with Gasteiger partial charge in [0, 0.05) is 9.75 Å². The minimum atomic E-state index is 0.144. The van der Waals surface area contributed by atoms with Crippen molar-refractivity contribution in [2.24, 2.45) is 5.73 Å². The van der Waals surface area contributed by atoms with E-state index >= 15 is 0 Å². The Balaban J connectivity index is 2.14. The van der Waals surface area contributed by atoms with Crippen LogP contribution in [0.5, 0.6) is 0 Å². The summed E-state index contributed by atoms with van der Waals surface area (Å²) in [6.45, 7) is 4.36. The maximum Gasteiger partial charge on any atom is 0.0605 e. The minimum absolute atomic E-state index is 0.144. The second-order valence-corrected chi connectivity index (χ2v) is 6.39. The van der Waals surface area contributed by atoms with Crippen LogP contribution in [0.4, 0.5) is 0 Å². The molecule has 17 heavy (non-hydrogen) atoms. The van der Waals surface area contributed by atoms with Crippen LogP contribution in [0.3, 0.4) is 0 Å². The molecule has 94 valence electrons. The van der Waals surface area contributed by atoms with Crippen molar-refractivity contribution in [3.63, 3.8) is 0 Å². The van der Waals surface area contributed by atoms with E-state index in [1.54, 1.807) is 0 Å². The Morgan fingerprint density at radius 1 is 1.18 bits per heavy atom. The number of hydrogen-bond donors (Lipinski definition) is 1. The molecule has 1 aromatic rings. The summed E-state index contributed by atoms with van der Waals surface area (Å²) in [6.07, 6.45) is 10.2. The topological polar surface area (TPSA) is 26.0 Å². The van der Waals surface area contributed by atoms with Crippen molar-refractivity contribution < 1.29 is 0 Å². The molecular formula is C15H23NS. The summed E-state index contributed by atoms with van der Waals surface area (Å²) < 4.78 is 0. The Bertz CT molecular complexity index is 384. The number of aryl methyl sites for hydroxylation is 2. The molecule has 0 spiro atoms. The summed E-state index contributed by atoms with van der Waals surface area (Å²) >= 11 is 1.86. The van der Waals surface area contributed by atoms with Crippen LogP contribution in [0.2, 0.25) is 0 Å². The molecule has 2 N–H and O–H groups in total. The summed E-state index contributed by atoms with van der Waals surface area (Å²) in [5.74, 6) is 0. The van der Waals surface area contributed by atoms with E-state index in [2.05, 4.69) is 26.0 Å². The molecule has 0 saturated carbocycles. The van der Waals surface area contributed by atoms with E-state index in [9.17, 15) is 0 Å². The molecule has 0 radical (unpaired) electrons. The highest BCUT2D eigenvalue weighted by atomic mass is 32.1. The zero-order valence-electron chi connectivity index (χ0n) is 11.0. The van der Waals surface area contributed by atoms with Crippen molar-refractivity contribution in [1.82, 2.24) is 0 Å². The van der Waals surface area contributed by atoms with Crippen LogP contribution in [0.25, 0.3) is 0 Å². The summed E-state index contributed by atoms with van der Waals surface area (Å²) in [5.41, 5.74) is 9.26. The largest absolute Gasteiger partial charge is 0.320 e. The Hall–Kier alpha value is -0.600. The molecule has 0 bridgehead atoms. The van der Waals surface area contributed by atoms with Gasteiger partial charge in [-0.2, -0.15) is 0 Å². The average Bonchev–Trinajstić information content (AvgIpc) is 2.58. The molecule has 2 rings (SSSR count). The van der Waals surface area contributed by atoms with E-state index in [4.69, 9.17) is 5.73 Å². The molecule has 1 unspecified atom stereocenters. The predicted molar refractivity (Wildman–Crippen MR) is 76.5 cm³/mol. The molecule has 2 heteroatoms. The lowest BCUT2D eigenvalue weighted by atomic mass is 9.94. The van der Waals surface area contributed by atoms with Gasteiger partial charge in [-0.25, -0.2) is 0 Å². The van der Waals surface area contributed by atoms with Crippen molar-refractivity contribution >= 4 is 11.3 Å². The second-order valence-electron chi connectivity index (χ2n) is 5.10. The smallest absolute Gasteiger partial charge is 0.0605 e. The van der Waals surface area contributed by atoms with Gasteiger partial charge in [0.2, 0.25) is 0 Å². The van der Waals surface area contributed by atoms with E-state index in [1.807, 2.05) is 11.3 Å². The highest BCUT2D eigenvalue weighted by molar-refractivity contribution is 7.12. The molecule has 1 atom stereocenters. The summed E-state index contributed by atoms with van der Waals surface area (Å²) in [6, 6.07) is 2.41. The van der Waals surface area contributed by atoms with Crippen molar-refractivity contribution in [2.75, 3.05) is 0 Å². The van der Waals surface area contributed by atoms with Crippen LogP contribution in [-0.2, 0) is 0 Å². The third-order valence-electron chi connectivity index (χ3n) is 3.72. The highest BCUT2D eigenvalue weighted by Gasteiger charge is 2.15. The number of hydrogen-bond acceptors (Lipinski definition) is 2. The minimum Gasteiger partial charge on any atom is -0.320 e. The quantitative estimate of drug-likeness (QED) is 0.759. The van der Waals surface area contributed by atoms with Gasteiger partial charge >= 0.3 is 0 Å². The Morgan fingerprint density at radius 2 is 1.94 bits per heavy atom. The molecular weight excluding hydrogens is 226 g/mol. The van der Waals surface area contributed by atoms with Gasteiger partial charge in [-0.1, -0.05) is 24.5 Å². The predicted octanol–water partition coefficient (Wildman–Crippen LogP) is 4.65. The van der Waals surface area contributed by atoms with Crippen molar-refractivity contribution in [3.05, 3.63) is 33.0 Å². The van der Waals surface area contributed by atoms with Gasteiger partial charge in [0.15, 0.2) is 0 Å². The SMILES string of the molecule is Cc1cc(C(N)/C2=C/CCCCCC2)sc1C. The zero-order chi connectivity index (χ0) is 12.3. The molecule has 0 aromatic carbocycles. The normalized spacial score (nSPS) is 22.4. The summed E-state index contributed by atoms with van der Waals surface area (Å²) in [5, 5.41) is 0. The molecule has 1 aliphatic carbocycles. The molecule has 1 aliphatic rings. The van der Waals surface area contributed by atoms with Crippen LogP contribution >= 0.6 is 11.3 Å². The van der Waals surface area contributed by atoms with Crippen LogP contribution < -0.4 is 5.73 Å². The first kappa shape index (κ1) is 12.8. The van der Waals surface area contributed by atoms with Crippen LogP contribution in [0, 0.1) is 13.8 Å². The van der Waals surface area contributed by atoms with Gasteiger partial charge in [0.1, 0.15) is 0 Å². The van der Waals surface area contributed by atoms with E-state index in [-0.39, 0.29) is 6.04 Å². The summed E-state index contributed by atoms with van der Waals surface area (Å²) in [7, 11) is 0. The fourth-order valence-corrected chi connectivity index (χ4v) is 3.52. The molecule has 0 aliphatic heterocycles. The van der Waals surface area contributed by atoms with E-state index in [0.29, 0.717) is 0 Å². The Kier molecular flexibility index (Phi) is 4.41. The standard InChI is InChI=1S/C15H23NS/c1-11-10-14(17-12(11)2)15(16)13-8-6-4-3-5-7-9-13/h8,10,15H,3-7,9,16H2,1-2H3/b13-8+. The molecule has 0 fully saturated rings. The first-order valence-corrected chi connectivity index (χ1v) is 7.51. The van der Waals surface area contributed by atoms with E-state index in [1.165, 1.54) is 59.4 Å². The van der Waals surface area contributed by atoms with Crippen molar-refractivity contribution in [1.29, 1.82) is 0 Å². The molecule has 1 aromatic heterocycles. The molecule has 1 nitrogen and oxygen atoms in total. The van der Waals surface area contributed by atoms with Gasteiger partial charge in [0.25, 0.3) is 0 Å². The van der Waals surface area contributed by atoms with Gasteiger partial charge in [-0.15, -0.1) is 11.3 Å². The summed E-state index contributed by atoms with van der Waals surface area (Å²) in [4.78, 5) is 2.74. The van der Waals surface area contributed by atoms with Crippen molar-refractivity contribution in [2.45, 2.75) is 58.4 Å². The van der Waals surface area contributed by atoms with Gasteiger partial charge in [-0.3, -0.25) is 0 Å². The first-order valence-electron chi connectivity index (χ1n) is 6.70.